The van der Waals surface area contributed by atoms with E-state index in [-0.39, 0.29) is 11.9 Å². The van der Waals surface area contributed by atoms with Gasteiger partial charge >= 0.3 is 12.1 Å². The van der Waals surface area contributed by atoms with Gasteiger partial charge in [-0.05, 0) is 49.6 Å². The summed E-state index contributed by atoms with van der Waals surface area (Å²) in [6.07, 6.45) is -1.02. The van der Waals surface area contributed by atoms with E-state index in [0.29, 0.717) is 16.6 Å². The second-order valence-corrected chi connectivity index (χ2v) is 8.83. The van der Waals surface area contributed by atoms with Crippen LogP contribution < -0.4 is 5.32 Å². The molecular weight excluding hydrogens is 485 g/mol. The zero-order valence-corrected chi connectivity index (χ0v) is 19.1. The molecule has 35 heavy (non-hydrogen) atoms. The zero-order chi connectivity index (χ0) is 25.2. The molecule has 0 bridgehead atoms. The van der Waals surface area contributed by atoms with Crippen molar-refractivity contribution in [3.05, 3.63) is 65.1 Å². The van der Waals surface area contributed by atoms with E-state index in [2.05, 4.69) is 21.4 Å². The summed E-state index contributed by atoms with van der Waals surface area (Å²) in [4.78, 5) is 33.0. The van der Waals surface area contributed by atoms with Gasteiger partial charge in [0.2, 0.25) is 0 Å². The van der Waals surface area contributed by atoms with Crippen LogP contribution >= 0.6 is 11.6 Å². The molecule has 2 heterocycles. The average molecular weight is 507 g/mol. The number of carboxylic acids is 1. The molecule has 5 rings (SSSR count). The first-order chi connectivity index (χ1) is 16.6. The Morgan fingerprint density at radius 1 is 1.06 bits per heavy atom. The first kappa shape index (κ1) is 24.6. The lowest BCUT2D eigenvalue weighted by atomic mass is 9.85. The van der Waals surface area contributed by atoms with E-state index in [1.165, 1.54) is 0 Å². The predicted octanol–water partition coefficient (Wildman–Crippen LogP) is 5.79. The van der Waals surface area contributed by atoms with Gasteiger partial charge in [-0.15, -0.1) is 0 Å². The maximum atomic E-state index is 12.8. The summed E-state index contributed by atoms with van der Waals surface area (Å²) in [5.41, 5.74) is 3.52. The Balaban J connectivity index is 0.000000364. The molecule has 1 saturated carbocycles. The number of carbonyl (C=O) groups excluding carboxylic acids is 1. The maximum Gasteiger partial charge on any atom is 0.490 e. The lowest BCUT2D eigenvalue weighted by Gasteiger charge is -2.28. The topological polar surface area (TPSA) is 111 Å². The summed E-state index contributed by atoms with van der Waals surface area (Å²) in [6, 6.07) is 15.7. The van der Waals surface area contributed by atoms with Gasteiger partial charge in [0.05, 0.1) is 11.0 Å². The minimum absolute atomic E-state index is 0.0671. The number of aromatic nitrogens is 3. The minimum Gasteiger partial charge on any atom is -0.475 e. The fourth-order valence-corrected chi connectivity index (χ4v) is 4.39. The Kier molecular flexibility index (Phi) is 7.02. The molecule has 0 saturated heterocycles. The van der Waals surface area contributed by atoms with Crippen molar-refractivity contribution in [3.63, 3.8) is 0 Å². The Hall–Kier alpha value is -3.53. The van der Waals surface area contributed by atoms with Crippen molar-refractivity contribution in [2.24, 2.45) is 0 Å². The van der Waals surface area contributed by atoms with Crippen molar-refractivity contribution in [2.75, 3.05) is 0 Å². The van der Waals surface area contributed by atoms with E-state index in [9.17, 15) is 18.0 Å². The van der Waals surface area contributed by atoms with Crippen LogP contribution in [0.5, 0.6) is 0 Å². The van der Waals surface area contributed by atoms with E-state index >= 15 is 0 Å². The van der Waals surface area contributed by atoms with Crippen molar-refractivity contribution in [1.82, 2.24) is 20.3 Å². The molecule has 2 aromatic carbocycles. The van der Waals surface area contributed by atoms with Crippen LogP contribution in [0.3, 0.4) is 0 Å². The molecule has 0 aliphatic heterocycles. The van der Waals surface area contributed by atoms with Gasteiger partial charge in [-0.2, -0.15) is 13.2 Å². The van der Waals surface area contributed by atoms with Crippen LogP contribution in [0.15, 0.2) is 48.5 Å². The van der Waals surface area contributed by atoms with Crippen molar-refractivity contribution in [3.8, 4) is 0 Å². The molecule has 4 aromatic rings. The molecule has 184 valence electrons. The fourth-order valence-electron chi connectivity index (χ4n) is 4.22. The Labute approximate surface area is 202 Å². The van der Waals surface area contributed by atoms with Crippen LogP contribution in [-0.2, 0) is 4.79 Å². The highest BCUT2D eigenvalue weighted by Crippen LogP contribution is 2.32. The summed E-state index contributed by atoms with van der Waals surface area (Å²) in [5.74, 6) is -1.46. The highest BCUT2D eigenvalue weighted by Gasteiger charge is 2.38. The highest BCUT2D eigenvalue weighted by molar-refractivity contribution is 6.31. The smallest absolute Gasteiger partial charge is 0.475 e. The Morgan fingerprint density at radius 3 is 2.51 bits per heavy atom. The minimum atomic E-state index is -5.08. The van der Waals surface area contributed by atoms with Gasteiger partial charge in [0.15, 0.2) is 0 Å². The number of rotatable bonds is 3. The van der Waals surface area contributed by atoms with Gasteiger partial charge in [0.25, 0.3) is 5.91 Å². The number of fused-ring (bicyclic) bond motifs is 2. The summed E-state index contributed by atoms with van der Waals surface area (Å²) in [7, 11) is 0. The zero-order valence-electron chi connectivity index (χ0n) is 18.3. The molecule has 1 fully saturated rings. The van der Waals surface area contributed by atoms with Crippen LogP contribution in [0.4, 0.5) is 13.2 Å². The lowest BCUT2D eigenvalue weighted by Crippen LogP contribution is -2.38. The molecule has 1 amide bonds. The fraction of sp³-hybridized carbons (Fsp3) is 0.292. The van der Waals surface area contributed by atoms with Gasteiger partial charge < -0.3 is 20.4 Å². The third kappa shape index (κ3) is 5.94. The number of aromatic amines is 2. The number of nitrogens with zero attached hydrogens (tertiary/aromatic N) is 1. The van der Waals surface area contributed by atoms with Crippen LogP contribution in [-0.4, -0.2) is 44.2 Å². The van der Waals surface area contributed by atoms with Crippen LogP contribution in [0.2, 0.25) is 5.02 Å². The number of H-pyrrole nitrogens is 2. The number of carbonyl (C=O) groups is 2. The molecule has 2 atom stereocenters. The lowest BCUT2D eigenvalue weighted by molar-refractivity contribution is -0.192. The average Bonchev–Trinajstić information content (AvgIpc) is 3.43. The summed E-state index contributed by atoms with van der Waals surface area (Å²) < 4.78 is 31.7. The van der Waals surface area contributed by atoms with Crippen molar-refractivity contribution < 1.29 is 27.9 Å². The number of hydrogen-bond donors (Lipinski definition) is 4. The Morgan fingerprint density at radius 2 is 1.80 bits per heavy atom. The second-order valence-electron chi connectivity index (χ2n) is 8.39. The number of para-hydroxylation sites is 2. The Bertz CT molecular complexity index is 1330. The number of carboxylic acid groups (broad SMARTS) is 1. The van der Waals surface area contributed by atoms with Crippen molar-refractivity contribution in [1.29, 1.82) is 0 Å². The van der Waals surface area contributed by atoms with Crippen molar-refractivity contribution >= 4 is 45.4 Å². The van der Waals surface area contributed by atoms with E-state index in [1.807, 2.05) is 42.5 Å². The number of hydrogen-bond acceptors (Lipinski definition) is 3. The van der Waals surface area contributed by atoms with Gasteiger partial charge in [0, 0.05) is 27.9 Å². The van der Waals surface area contributed by atoms with Gasteiger partial charge in [-0.1, -0.05) is 36.2 Å². The van der Waals surface area contributed by atoms with Crippen LogP contribution in [0.1, 0.15) is 47.9 Å². The molecule has 2 aromatic heterocycles. The third-order valence-corrected chi connectivity index (χ3v) is 6.11. The molecule has 11 heteroatoms. The van der Waals surface area contributed by atoms with E-state index in [1.54, 1.807) is 0 Å². The monoisotopic (exact) mass is 506 g/mol. The standard InChI is InChI=1S/C22H21ClN4O.C2HF3O2/c23-15-9-8-13-11-20(25-19(13)12-15)22(28)24-16-5-3-4-14(10-16)21-26-17-6-1-2-7-18(17)27-21;3-2(4,5)1(6)7/h1-2,6-9,11-12,14,16,25H,3-5,10H2,(H,24,28)(H,26,27);(H,6,7)/t14-,16+;/m0./s1. The number of halogens is 4. The third-order valence-electron chi connectivity index (χ3n) is 5.88. The SMILES string of the molecule is O=C(N[C@@H]1CCC[C@H](c2nc3ccccc3[nH]2)C1)c1cc2ccc(Cl)cc2[nH]1.O=C(O)C(F)(F)F. The number of aliphatic carboxylic acids is 1. The van der Waals surface area contributed by atoms with E-state index in [4.69, 9.17) is 26.5 Å². The van der Waals surface area contributed by atoms with Crippen LogP contribution in [0, 0.1) is 0 Å². The quantitative estimate of drug-likeness (QED) is 0.282. The number of benzene rings is 2. The molecule has 7 nitrogen and oxygen atoms in total. The van der Waals surface area contributed by atoms with Crippen molar-refractivity contribution in [2.45, 2.75) is 43.8 Å². The number of amides is 1. The first-order valence-corrected chi connectivity index (χ1v) is 11.3. The molecule has 1 aliphatic carbocycles. The maximum absolute atomic E-state index is 12.8. The predicted molar refractivity (Wildman–Crippen MR) is 126 cm³/mol. The molecular formula is C24H22ClF3N4O3. The van der Waals surface area contributed by atoms with E-state index in [0.717, 1.165) is 53.4 Å². The van der Waals surface area contributed by atoms with Gasteiger partial charge in [-0.25, -0.2) is 9.78 Å². The highest BCUT2D eigenvalue weighted by atomic mass is 35.5. The molecule has 0 radical (unpaired) electrons. The first-order valence-electron chi connectivity index (χ1n) is 10.9. The van der Waals surface area contributed by atoms with Gasteiger partial charge in [-0.3, -0.25) is 4.79 Å². The number of imidazole rings is 1. The van der Waals surface area contributed by atoms with Crippen LogP contribution in [0.25, 0.3) is 21.9 Å². The summed E-state index contributed by atoms with van der Waals surface area (Å²) >= 11 is 6.04. The number of alkyl halides is 3. The molecule has 1 aliphatic rings. The normalized spacial score (nSPS) is 18.2. The molecule has 4 N–H and O–H groups in total. The second kappa shape index (κ2) is 9.99. The summed E-state index contributed by atoms with van der Waals surface area (Å²) in [6.45, 7) is 0. The van der Waals surface area contributed by atoms with E-state index < -0.39 is 12.1 Å². The summed E-state index contributed by atoms with van der Waals surface area (Å²) in [5, 5.41) is 12.0. The molecule has 0 spiro atoms. The largest absolute Gasteiger partial charge is 0.490 e. The number of nitrogens with one attached hydrogen (secondary N) is 3. The van der Waals surface area contributed by atoms with Gasteiger partial charge in [0.1, 0.15) is 11.5 Å². The molecule has 0 unspecified atom stereocenters.